The number of carbonyl (C=O) groups is 1. The van der Waals surface area contributed by atoms with Crippen LogP contribution in [0.4, 0.5) is 0 Å². The van der Waals surface area contributed by atoms with Gasteiger partial charge in [-0.25, -0.2) is 0 Å². The van der Waals surface area contributed by atoms with Crippen molar-refractivity contribution in [2.45, 2.75) is 38.1 Å². The van der Waals surface area contributed by atoms with E-state index in [1.54, 1.807) is 0 Å². The van der Waals surface area contributed by atoms with Crippen LogP contribution in [0.3, 0.4) is 0 Å². The second-order valence-corrected chi connectivity index (χ2v) is 6.00. The zero-order chi connectivity index (χ0) is 14.5. The van der Waals surface area contributed by atoms with Gasteiger partial charge in [0.15, 0.2) is 0 Å². The van der Waals surface area contributed by atoms with E-state index in [-0.39, 0.29) is 5.91 Å². The highest BCUT2D eigenvalue weighted by atomic mass is 32.1. The lowest BCUT2D eigenvalue weighted by Gasteiger charge is -2.28. The van der Waals surface area contributed by atoms with Gasteiger partial charge in [-0.15, -0.1) is 0 Å². The van der Waals surface area contributed by atoms with E-state index in [4.69, 9.17) is 18.0 Å². The van der Waals surface area contributed by atoms with Crippen LogP contribution in [0.1, 0.15) is 31.2 Å². The van der Waals surface area contributed by atoms with Crippen molar-refractivity contribution in [2.75, 3.05) is 7.05 Å². The maximum Gasteiger partial charge on any atom is 0.232 e. The summed E-state index contributed by atoms with van der Waals surface area (Å²) in [5.41, 5.74) is 6.90. The molecule has 1 amide bonds. The molecule has 20 heavy (non-hydrogen) atoms. The average molecular weight is 290 g/mol. The normalized spacial score (nSPS) is 16.9. The maximum absolute atomic E-state index is 12.6. The molecule has 0 bridgehead atoms. The Kier molecular flexibility index (Phi) is 5.12. The summed E-state index contributed by atoms with van der Waals surface area (Å²) in [4.78, 5) is 14.8. The molecule has 1 atom stereocenters. The van der Waals surface area contributed by atoms with Gasteiger partial charge in [0.05, 0.1) is 10.9 Å². The van der Waals surface area contributed by atoms with E-state index >= 15 is 0 Å². The fourth-order valence-electron chi connectivity index (χ4n) is 2.88. The molecule has 0 saturated heterocycles. The molecular formula is C16H22N2OS. The lowest BCUT2D eigenvalue weighted by molar-refractivity contribution is -0.134. The quantitative estimate of drug-likeness (QED) is 0.848. The highest BCUT2D eigenvalue weighted by Crippen LogP contribution is 2.24. The fraction of sp³-hybridized carbons (Fsp3) is 0.500. The number of amides is 1. The van der Waals surface area contributed by atoms with Gasteiger partial charge in [-0.3, -0.25) is 4.79 Å². The molecule has 3 nitrogen and oxygen atoms in total. The van der Waals surface area contributed by atoms with E-state index in [0.717, 1.165) is 18.4 Å². The molecule has 0 aromatic heterocycles. The van der Waals surface area contributed by atoms with Crippen LogP contribution >= 0.6 is 12.2 Å². The maximum atomic E-state index is 12.6. The lowest BCUT2D eigenvalue weighted by atomic mass is 9.97. The zero-order valence-electron chi connectivity index (χ0n) is 11.9. The molecule has 1 saturated carbocycles. The second-order valence-electron chi connectivity index (χ2n) is 5.53. The minimum Gasteiger partial charge on any atom is -0.393 e. The van der Waals surface area contributed by atoms with Crippen molar-refractivity contribution in [1.82, 2.24) is 4.90 Å². The molecule has 4 heteroatoms. The molecule has 0 aliphatic heterocycles. The summed E-state index contributed by atoms with van der Waals surface area (Å²) in [5.74, 6) is -0.328. The SMILES string of the molecule is CN(C(=O)C(Cc1ccccc1)C(N)=S)C1CCCC1. The van der Waals surface area contributed by atoms with Gasteiger partial charge in [0, 0.05) is 13.1 Å². The topological polar surface area (TPSA) is 46.3 Å². The van der Waals surface area contributed by atoms with Crippen LogP contribution < -0.4 is 5.73 Å². The van der Waals surface area contributed by atoms with Crippen molar-refractivity contribution in [2.24, 2.45) is 11.7 Å². The minimum absolute atomic E-state index is 0.0632. The molecule has 0 heterocycles. The molecule has 1 fully saturated rings. The van der Waals surface area contributed by atoms with Crippen LogP contribution in [0.25, 0.3) is 0 Å². The molecular weight excluding hydrogens is 268 g/mol. The standard InChI is InChI=1S/C16H22N2OS/c1-18(13-9-5-6-10-13)16(19)14(15(17)20)11-12-7-3-2-4-8-12/h2-4,7-8,13-14H,5-6,9-11H2,1H3,(H2,17,20). The highest BCUT2D eigenvalue weighted by molar-refractivity contribution is 7.80. The fourth-order valence-corrected chi connectivity index (χ4v) is 3.06. The van der Waals surface area contributed by atoms with Crippen molar-refractivity contribution >= 4 is 23.1 Å². The van der Waals surface area contributed by atoms with E-state index in [0.29, 0.717) is 17.5 Å². The number of rotatable bonds is 5. The Morgan fingerprint density at radius 2 is 1.95 bits per heavy atom. The van der Waals surface area contributed by atoms with E-state index < -0.39 is 5.92 Å². The van der Waals surface area contributed by atoms with E-state index in [1.165, 1.54) is 12.8 Å². The van der Waals surface area contributed by atoms with E-state index in [2.05, 4.69) is 0 Å². The molecule has 1 aliphatic carbocycles. The third kappa shape index (κ3) is 3.57. The molecule has 1 aromatic rings. The number of hydrogen-bond acceptors (Lipinski definition) is 2. The number of hydrogen-bond donors (Lipinski definition) is 1. The van der Waals surface area contributed by atoms with Crippen molar-refractivity contribution in [1.29, 1.82) is 0 Å². The number of carbonyl (C=O) groups excluding carboxylic acids is 1. The van der Waals surface area contributed by atoms with Crippen LogP contribution in [-0.2, 0) is 11.2 Å². The van der Waals surface area contributed by atoms with Crippen LogP contribution in [0.5, 0.6) is 0 Å². The van der Waals surface area contributed by atoms with Gasteiger partial charge >= 0.3 is 0 Å². The minimum atomic E-state index is -0.391. The Morgan fingerprint density at radius 3 is 2.50 bits per heavy atom. The summed E-state index contributed by atoms with van der Waals surface area (Å²) in [6.45, 7) is 0. The Labute approximate surface area is 126 Å². The van der Waals surface area contributed by atoms with Gasteiger partial charge in [-0.05, 0) is 24.8 Å². The van der Waals surface area contributed by atoms with Crippen molar-refractivity contribution in [3.8, 4) is 0 Å². The number of thiocarbonyl (C=S) groups is 1. The van der Waals surface area contributed by atoms with Gasteiger partial charge in [-0.1, -0.05) is 55.4 Å². The van der Waals surface area contributed by atoms with Crippen molar-refractivity contribution in [3.05, 3.63) is 35.9 Å². The lowest BCUT2D eigenvalue weighted by Crippen LogP contribution is -2.44. The molecule has 0 spiro atoms. The zero-order valence-corrected chi connectivity index (χ0v) is 12.7. The molecule has 1 aliphatic rings. The van der Waals surface area contributed by atoms with Crippen molar-refractivity contribution < 1.29 is 4.79 Å². The van der Waals surface area contributed by atoms with Crippen molar-refractivity contribution in [3.63, 3.8) is 0 Å². The van der Waals surface area contributed by atoms with E-state index in [9.17, 15) is 4.79 Å². The summed E-state index contributed by atoms with van der Waals surface area (Å²) in [5, 5.41) is 0. The van der Waals surface area contributed by atoms with Gasteiger partial charge in [0.25, 0.3) is 0 Å². The summed E-state index contributed by atoms with van der Waals surface area (Å²) < 4.78 is 0. The molecule has 0 radical (unpaired) electrons. The third-order valence-electron chi connectivity index (χ3n) is 4.14. The Hall–Kier alpha value is -1.42. The molecule has 2 N–H and O–H groups in total. The number of benzene rings is 1. The largest absolute Gasteiger partial charge is 0.393 e. The smallest absolute Gasteiger partial charge is 0.232 e. The highest BCUT2D eigenvalue weighted by Gasteiger charge is 2.30. The first-order valence-corrected chi connectivity index (χ1v) is 7.60. The first-order valence-electron chi connectivity index (χ1n) is 7.19. The summed E-state index contributed by atoms with van der Waals surface area (Å²) in [7, 11) is 1.88. The molecule has 2 rings (SSSR count). The Balaban J connectivity index is 2.07. The van der Waals surface area contributed by atoms with Crippen LogP contribution in [0, 0.1) is 5.92 Å². The average Bonchev–Trinajstić information content (AvgIpc) is 2.98. The predicted octanol–water partition coefficient (Wildman–Crippen LogP) is 2.53. The first-order chi connectivity index (χ1) is 9.59. The van der Waals surface area contributed by atoms with Crippen LogP contribution in [0.15, 0.2) is 30.3 Å². The van der Waals surface area contributed by atoms with Gasteiger partial charge in [0.2, 0.25) is 5.91 Å². The third-order valence-corrected chi connectivity index (χ3v) is 4.43. The number of nitrogens with two attached hydrogens (primary N) is 1. The first kappa shape index (κ1) is 15.0. The summed E-state index contributed by atoms with van der Waals surface area (Å²) in [6, 6.07) is 10.3. The van der Waals surface area contributed by atoms with Gasteiger partial charge in [0.1, 0.15) is 0 Å². The predicted molar refractivity (Wildman–Crippen MR) is 85.4 cm³/mol. The monoisotopic (exact) mass is 290 g/mol. The molecule has 1 aromatic carbocycles. The van der Waals surface area contributed by atoms with Crippen LogP contribution in [-0.4, -0.2) is 28.9 Å². The second kappa shape index (κ2) is 6.84. The Bertz CT molecular complexity index is 469. The van der Waals surface area contributed by atoms with Crippen LogP contribution in [0.2, 0.25) is 0 Å². The van der Waals surface area contributed by atoms with Gasteiger partial charge < -0.3 is 10.6 Å². The number of nitrogens with zero attached hydrogens (tertiary/aromatic N) is 1. The Morgan fingerprint density at radius 1 is 1.35 bits per heavy atom. The molecule has 108 valence electrons. The summed E-state index contributed by atoms with van der Waals surface area (Å²) in [6.07, 6.45) is 5.19. The van der Waals surface area contributed by atoms with E-state index in [1.807, 2.05) is 42.3 Å². The summed E-state index contributed by atoms with van der Waals surface area (Å²) >= 11 is 5.12. The van der Waals surface area contributed by atoms with Gasteiger partial charge in [-0.2, -0.15) is 0 Å². The molecule has 1 unspecified atom stereocenters.